The molecule has 0 spiro atoms. The van der Waals surface area contributed by atoms with Gasteiger partial charge < -0.3 is 10.2 Å². The number of hydrogen-bond donors (Lipinski definition) is 2. The van der Waals surface area contributed by atoms with Gasteiger partial charge in [-0.2, -0.15) is 0 Å². The molecular formula is C17H26N4O2. The molecule has 6 heteroatoms. The molecule has 0 saturated heterocycles. The number of carbonyl (C=O) groups is 2. The van der Waals surface area contributed by atoms with E-state index in [0.29, 0.717) is 12.6 Å². The van der Waals surface area contributed by atoms with Gasteiger partial charge in [-0.15, -0.1) is 0 Å². The van der Waals surface area contributed by atoms with Crippen LogP contribution in [0.2, 0.25) is 0 Å². The van der Waals surface area contributed by atoms with Crippen molar-refractivity contribution >= 4 is 17.6 Å². The first kappa shape index (κ1) is 17.3. The van der Waals surface area contributed by atoms with Gasteiger partial charge in [0, 0.05) is 25.7 Å². The van der Waals surface area contributed by atoms with Crippen LogP contribution in [-0.4, -0.2) is 34.9 Å². The summed E-state index contributed by atoms with van der Waals surface area (Å²) in [6, 6.07) is 7.48. The molecule has 0 aliphatic heterocycles. The van der Waals surface area contributed by atoms with Gasteiger partial charge in [-0.1, -0.05) is 31.4 Å². The van der Waals surface area contributed by atoms with Crippen LogP contribution < -0.4 is 11.2 Å². The zero-order valence-electron chi connectivity index (χ0n) is 13.9. The average molecular weight is 318 g/mol. The lowest BCUT2D eigenvalue weighted by atomic mass is 9.95. The SMILES string of the molecule is CC(=O)Nc1ccc(CN(N)C(=O)N(C)C2CCCCC2)cc1. The highest BCUT2D eigenvalue weighted by Gasteiger charge is 2.24. The fourth-order valence-electron chi connectivity index (χ4n) is 2.99. The number of amides is 3. The van der Waals surface area contributed by atoms with Crippen LogP contribution in [0.15, 0.2) is 24.3 Å². The van der Waals surface area contributed by atoms with Crippen LogP contribution in [0.25, 0.3) is 0 Å². The third kappa shape index (κ3) is 4.96. The van der Waals surface area contributed by atoms with Crippen LogP contribution in [0.1, 0.15) is 44.6 Å². The van der Waals surface area contributed by atoms with Gasteiger partial charge in [-0.25, -0.2) is 10.6 Å². The largest absolute Gasteiger partial charge is 0.334 e. The van der Waals surface area contributed by atoms with Gasteiger partial charge >= 0.3 is 6.03 Å². The Bertz CT molecular complexity index is 538. The van der Waals surface area contributed by atoms with Crippen molar-refractivity contribution in [3.8, 4) is 0 Å². The topological polar surface area (TPSA) is 78.7 Å². The van der Waals surface area contributed by atoms with Crippen molar-refractivity contribution in [2.45, 2.75) is 51.6 Å². The molecule has 0 radical (unpaired) electrons. The van der Waals surface area contributed by atoms with E-state index in [0.717, 1.165) is 24.1 Å². The fraction of sp³-hybridized carbons (Fsp3) is 0.529. The number of carbonyl (C=O) groups excluding carboxylic acids is 2. The molecule has 1 aliphatic carbocycles. The minimum Gasteiger partial charge on any atom is -0.326 e. The number of benzene rings is 1. The Morgan fingerprint density at radius 2 is 1.78 bits per heavy atom. The third-order valence-corrected chi connectivity index (χ3v) is 4.30. The zero-order chi connectivity index (χ0) is 16.8. The summed E-state index contributed by atoms with van der Waals surface area (Å²) in [7, 11) is 1.83. The summed E-state index contributed by atoms with van der Waals surface area (Å²) in [5, 5.41) is 3.96. The highest BCUT2D eigenvalue weighted by Crippen LogP contribution is 2.22. The number of nitrogens with two attached hydrogens (primary N) is 1. The number of nitrogens with one attached hydrogen (secondary N) is 1. The van der Waals surface area contributed by atoms with E-state index < -0.39 is 0 Å². The predicted molar refractivity (Wildman–Crippen MR) is 90.5 cm³/mol. The van der Waals surface area contributed by atoms with Crippen LogP contribution in [0, 0.1) is 0 Å². The van der Waals surface area contributed by atoms with Gasteiger partial charge in [0.25, 0.3) is 0 Å². The Morgan fingerprint density at radius 1 is 1.17 bits per heavy atom. The van der Waals surface area contributed by atoms with E-state index in [4.69, 9.17) is 5.84 Å². The molecule has 1 aliphatic rings. The summed E-state index contributed by atoms with van der Waals surface area (Å²) in [6.07, 6.45) is 5.73. The second-order valence-corrected chi connectivity index (χ2v) is 6.19. The molecule has 23 heavy (non-hydrogen) atoms. The first-order valence-electron chi connectivity index (χ1n) is 8.13. The highest BCUT2D eigenvalue weighted by molar-refractivity contribution is 5.88. The lowest BCUT2D eigenvalue weighted by molar-refractivity contribution is -0.114. The van der Waals surface area contributed by atoms with Crippen LogP contribution in [0.4, 0.5) is 10.5 Å². The van der Waals surface area contributed by atoms with E-state index in [1.54, 1.807) is 17.0 Å². The summed E-state index contributed by atoms with van der Waals surface area (Å²) < 4.78 is 0. The Balaban J connectivity index is 1.90. The summed E-state index contributed by atoms with van der Waals surface area (Å²) in [5.74, 6) is 5.84. The molecule has 1 aromatic carbocycles. The number of nitrogens with zero attached hydrogens (tertiary/aromatic N) is 2. The molecule has 0 atom stereocenters. The maximum Gasteiger partial charge on any atom is 0.334 e. The summed E-state index contributed by atoms with van der Waals surface area (Å²) in [5.41, 5.74) is 1.66. The normalized spacial score (nSPS) is 15.1. The van der Waals surface area contributed by atoms with Gasteiger partial charge in [-0.3, -0.25) is 9.80 Å². The van der Waals surface area contributed by atoms with Gasteiger partial charge in [0.1, 0.15) is 0 Å². The number of urea groups is 1. The van der Waals surface area contributed by atoms with Gasteiger partial charge in [0.2, 0.25) is 5.91 Å². The standard InChI is InChI=1S/C17H26N4O2/c1-13(22)19-15-10-8-14(9-11-15)12-21(18)17(23)20(2)16-6-4-3-5-7-16/h8-11,16H,3-7,12,18H2,1-2H3,(H,19,22). The average Bonchev–Trinajstić information content (AvgIpc) is 2.55. The molecule has 1 fully saturated rings. The molecule has 0 aromatic heterocycles. The van der Waals surface area contributed by atoms with Gasteiger partial charge in [-0.05, 0) is 30.5 Å². The Labute approximate surface area is 137 Å². The van der Waals surface area contributed by atoms with Crippen molar-refractivity contribution in [2.75, 3.05) is 12.4 Å². The van der Waals surface area contributed by atoms with Crippen molar-refractivity contribution < 1.29 is 9.59 Å². The van der Waals surface area contributed by atoms with Crippen LogP contribution in [0.5, 0.6) is 0 Å². The molecular weight excluding hydrogens is 292 g/mol. The lowest BCUT2D eigenvalue weighted by Crippen LogP contribution is -2.49. The summed E-state index contributed by atoms with van der Waals surface area (Å²) >= 11 is 0. The molecule has 0 bridgehead atoms. The Hall–Kier alpha value is -2.08. The monoisotopic (exact) mass is 318 g/mol. The van der Waals surface area contributed by atoms with E-state index >= 15 is 0 Å². The molecule has 0 heterocycles. The second-order valence-electron chi connectivity index (χ2n) is 6.19. The first-order chi connectivity index (χ1) is 11.0. The maximum absolute atomic E-state index is 12.4. The zero-order valence-corrected chi connectivity index (χ0v) is 13.9. The van der Waals surface area contributed by atoms with Crippen LogP contribution >= 0.6 is 0 Å². The molecule has 1 saturated carbocycles. The van der Waals surface area contributed by atoms with Crippen LogP contribution in [0.3, 0.4) is 0 Å². The number of hydrazine groups is 1. The quantitative estimate of drug-likeness (QED) is 0.509. The number of hydrogen-bond acceptors (Lipinski definition) is 3. The van der Waals surface area contributed by atoms with E-state index in [1.165, 1.54) is 31.2 Å². The van der Waals surface area contributed by atoms with Crippen molar-refractivity contribution in [1.29, 1.82) is 0 Å². The smallest absolute Gasteiger partial charge is 0.326 e. The minimum absolute atomic E-state index is 0.109. The minimum atomic E-state index is -0.150. The third-order valence-electron chi connectivity index (χ3n) is 4.30. The van der Waals surface area contributed by atoms with E-state index in [2.05, 4.69) is 5.32 Å². The number of rotatable bonds is 4. The Kier molecular flexibility index (Phi) is 5.98. The van der Waals surface area contributed by atoms with Crippen LogP contribution in [-0.2, 0) is 11.3 Å². The lowest BCUT2D eigenvalue weighted by Gasteiger charge is -2.33. The summed E-state index contributed by atoms with van der Waals surface area (Å²) in [4.78, 5) is 25.2. The molecule has 0 unspecified atom stereocenters. The van der Waals surface area contributed by atoms with E-state index in [9.17, 15) is 9.59 Å². The fourth-order valence-corrected chi connectivity index (χ4v) is 2.99. The highest BCUT2D eigenvalue weighted by atomic mass is 16.2. The van der Waals surface area contributed by atoms with E-state index in [-0.39, 0.29) is 11.9 Å². The number of anilines is 1. The molecule has 126 valence electrons. The second kappa shape index (κ2) is 7.97. The summed E-state index contributed by atoms with van der Waals surface area (Å²) in [6.45, 7) is 1.81. The van der Waals surface area contributed by atoms with Gasteiger partial charge in [0.05, 0.1) is 6.54 Å². The van der Waals surface area contributed by atoms with Crippen molar-refractivity contribution in [1.82, 2.24) is 9.91 Å². The van der Waals surface area contributed by atoms with Gasteiger partial charge in [0.15, 0.2) is 0 Å². The molecule has 1 aromatic rings. The maximum atomic E-state index is 12.4. The molecule has 2 rings (SSSR count). The van der Waals surface area contributed by atoms with Crippen molar-refractivity contribution in [3.05, 3.63) is 29.8 Å². The van der Waals surface area contributed by atoms with Crippen molar-refractivity contribution in [3.63, 3.8) is 0 Å². The molecule has 3 amide bonds. The van der Waals surface area contributed by atoms with E-state index in [1.807, 2.05) is 19.2 Å². The predicted octanol–water partition coefficient (Wildman–Crippen LogP) is 2.71. The first-order valence-corrected chi connectivity index (χ1v) is 8.13. The molecule has 6 nitrogen and oxygen atoms in total. The van der Waals surface area contributed by atoms with Crippen molar-refractivity contribution in [2.24, 2.45) is 5.84 Å². The Morgan fingerprint density at radius 3 is 2.35 bits per heavy atom. The molecule has 3 N–H and O–H groups in total.